The van der Waals surface area contributed by atoms with Crippen LogP contribution in [0, 0.1) is 5.92 Å². The van der Waals surface area contributed by atoms with Crippen molar-refractivity contribution in [2.24, 2.45) is 5.92 Å². The number of nitrogens with one attached hydrogen (secondary N) is 2. The second-order valence-corrected chi connectivity index (χ2v) is 3.50. The van der Waals surface area contributed by atoms with Gasteiger partial charge in [-0.3, -0.25) is 0 Å². The lowest BCUT2D eigenvalue weighted by Gasteiger charge is -2.26. The molecule has 1 saturated heterocycles. The molecule has 0 spiro atoms. The molecule has 66 valence electrons. The molecule has 0 aromatic rings. The minimum absolute atomic E-state index is 0.190. The zero-order valence-electron chi connectivity index (χ0n) is 7.28. The quantitative estimate of drug-likeness (QED) is 0.630. The highest BCUT2D eigenvalue weighted by Gasteiger charge is 2.35. The molecule has 1 fully saturated rings. The van der Waals surface area contributed by atoms with Crippen molar-refractivity contribution >= 4 is 0 Å². The van der Waals surface area contributed by atoms with Crippen molar-refractivity contribution in [3.05, 3.63) is 0 Å². The lowest BCUT2D eigenvalue weighted by molar-refractivity contribution is 0.114. The SMILES string of the molecule is CNCC(C)(F)C1CCNC1. The molecule has 3 heteroatoms. The third kappa shape index (κ3) is 2.14. The highest BCUT2D eigenvalue weighted by atomic mass is 19.1. The molecule has 0 saturated carbocycles. The van der Waals surface area contributed by atoms with Gasteiger partial charge in [-0.1, -0.05) is 0 Å². The van der Waals surface area contributed by atoms with Gasteiger partial charge in [-0.15, -0.1) is 0 Å². The maximum absolute atomic E-state index is 13.7. The highest BCUT2D eigenvalue weighted by molar-refractivity contribution is 4.89. The summed E-state index contributed by atoms with van der Waals surface area (Å²) in [7, 11) is 1.79. The lowest BCUT2D eigenvalue weighted by Crippen LogP contribution is -2.40. The lowest BCUT2D eigenvalue weighted by atomic mass is 9.90. The molecule has 1 rings (SSSR count). The summed E-state index contributed by atoms with van der Waals surface area (Å²) in [5, 5.41) is 6.05. The van der Waals surface area contributed by atoms with E-state index in [1.165, 1.54) is 0 Å². The Kier molecular flexibility index (Phi) is 2.84. The van der Waals surface area contributed by atoms with E-state index >= 15 is 0 Å². The molecule has 2 N–H and O–H groups in total. The average molecular weight is 160 g/mol. The second-order valence-electron chi connectivity index (χ2n) is 3.50. The van der Waals surface area contributed by atoms with Gasteiger partial charge in [0.2, 0.25) is 0 Å². The molecule has 0 amide bonds. The first-order valence-electron chi connectivity index (χ1n) is 4.21. The van der Waals surface area contributed by atoms with Gasteiger partial charge in [-0.05, 0) is 26.9 Å². The molecule has 0 radical (unpaired) electrons. The van der Waals surface area contributed by atoms with E-state index in [-0.39, 0.29) is 5.92 Å². The first-order valence-corrected chi connectivity index (χ1v) is 4.21. The third-order valence-electron chi connectivity index (χ3n) is 2.43. The predicted octanol–water partition coefficient (Wildman–Crippen LogP) is 0.543. The number of halogens is 1. The van der Waals surface area contributed by atoms with E-state index in [4.69, 9.17) is 0 Å². The molecular weight excluding hydrogens is 143 g/mol. The number of hydrogen-bond donors (Lipinski definition) is 2. The van der Waals surface area contributed by atoms with Gasteiger partial charge in [0.05, 0.1) is 0 Å². The molecule has 2 atom stereocenters. The van der Waals surface area contributed by atoms with Gasteiger partial charge in [-0.2, -0.15) is 0 Å². The Hall–Kier alpha value is -0.150. The largest absolute Gasteiger partial charge is 0.317 e. The molecule has 1 heterocycles. The Morgan fingerprint density at radius 1 is 1.73 bits per heavy atom. The summed E-state index contributed by atoms with van der Waals surface area (Å²) in [6.45, 7) is 3.93. The fourth-order valence-corrected chi connectivity index (χ4v) is 1.66. The van der Waals surface area contributed by atoms with Crippen molar-refractivity contribution in [3.8, 4) is 0 Å². The molecule has 0 aromatic carbocycles. The first kappa shape index (κ1) is 8.94. The summed E-state index contributed by atoms with van der Waals surface area (Å²) >= 11 is 0. The molecule has 2 unspecified atom stereocenters. The van der Waals surface area contributed by atoms with Crippen LogP contribution in [0.1, 0.15) is 13.3 Å². The van der Waals surface area contributed by atoms with Crippen molar-refractivity contribution in [2.45, 2.75) is 19.0 Å². The van der Waals surface area contributed by atoms with Crippen LogP contribution >= 0.6 is 0 Å². The van der Waals surface area contributed by atoms with Gasteiger partial charge in [0.25, 0.3) is 0 Å². The predicted molar refractivity (Wildman–Crippen MR) is 44.4 cm³/mol. The summed E-state index contributed by atoms with van der Waals surface area (Å²) in [4.78, 5) is 0. The van der Waals surface area contributed by atoms with E-state index in [0.29, 0.717) is 6.54 Å². The van der Waals surface area contributed by atoms with E-state index in [1.54, 1.807) is 14.0 Å². The summed E-state index contributed by atoms with van der Waals surface area (Å²) in [5.41, 5.74) is -1.04. The van der Waals surface area contributed by atoms with Gasteiger partial charge < -0.3 is 10.6 Å². The second kappa shape index (κ2) is 3.50. The van der Waals surface area contributed by atoms with Gasteiger partial charge >= 0.3 is 0 Å². The summed E-state index contributed by atoms with van der Waals surface area (Å²) < 4.78 is 13.7. The fourth-order valence-electron chi connectivity index (χ4n) is 1.66. The summed E-state index contributed by atoms with van der Waals surface area (Å²) in [5.74, 6) is 0.190. The van der Waals surface area contributed by atoms with Gasteiger partial charge in [-0.25, -0.2) is 4.39 Å². The number of rotatable bonds is 3. The van der Waals surface area contributed by atoms with Crippen molar-refractivity contribution in [1.29, 1.82) is 0 Å². The van der Waals surface area contributed by atoms with Crippen LogP contribution in [0.3, 0.4) is 0 Å². The van der Waals surface area contributed by atoms with Gasteiger partial charge in [0.15, 0.2) is 0 Å². The molecular formula is C8H17FN2. The van der Waals surface area contributed by atoms with Crippen LogP contribution in [0.15, 0.2) is 0 Å². The van der Waals surface area contributed by atoms with E-state index in [0.717, 1.165) is 19.5 Å². The molecule has 1 aliphatic heterocycles. The van der Waals surface area contributed by atoms with Crippen LogP contribution in [0.25, 0.3) is 0 Å². The average Bonchev–Trinajstić information content (AvgIpc) is 2.37. The maximum Gasteiger partial charge on any atom is 0.124 e. The Bertz CT molecular complexity index is 119. The standard InChI is InChI=1S/C8H17FN2/c1-8(9,6-10-2)7-3-4-11-5-7/h7,10-11H,3-6H2,1-2H3. The van der Waals surface area contributed by atoms with Crippen LogP contribution in [0.5, 0.6) is 0 Å². The monoisotopic (exact) mass is 160 g/mol. The van der Waals surface area contributed by atoms with Gasteiger partial charge in [0.1, 0.15) is 5.67 Å². The topological polar surface area (TPSA) is 24.1 Å². The van der Waals surface area contributed by atoms with E-state index in [2.05, 4.69) is 10.6 Å². The maximum atomic E-state index is 13.7. The fraction of sp³-hybridized carbons (Fsp3) is 1.00. The Morgan fingerprint density at radius 3 is 2.91 bits per heavy atom. The Balaban J connectivity index is 2.41. The van der Waals surface area contributed by atoms with Crippen LogP contribution < -0.4 is 10.6 Å². The zero-order valence-corrected chi connectivity index (χ0v) is 7.28. The Labute approximate surface area is 67.6 Å². The number of alkyl halides is 1. The minimum Gasteiger partial charge on any atom is -0.317 e. The van der Waals surface area contributed by atoms with Crippen LogP contribution in [-0.4, -0.2) is 32.4 Å². The molecule has 0 aliphatic carbocycles. The first-order chi connectivity index (χ1) is 5.17. The van der Waals surface area contributed by atoms with E-state index < -0.39 is 5.67 Å². The van der Waals surface area contributed by atoms with Crippen molar-refractivity contribution < 1.29 is 4.39 Å². The third-order valence-corrected chi connectivity index (χ3v) is 2.43. The molecule has 11 heavy (non-hydrogen) atoms. The Morgan fingerprint density at radius 2 is 2.45 bits per heavy atom. The van der Waals surface area contributed by atoms with Crippen molar-refractivity contribution in [2.75, 3.05) is 26.7 Å². The summed E-state index contributed by atoms with van der Waals surface area (Å²) in [6, 6.07) is 0. The van der Waals surface area contributed by atoms with Crippen molar-refractivity contribution in [3.63, 3.8) is 0 Å². The van der Waals surface area contributed by atoms with Crippen LogP contribution in [0.4, 0.5) is 4.39 Å². The van der Waals surface area contributed by atoms with Crippen LogP contribution in [0.2, 0.25) is 0 Å². The van der Waals surface area contributed by atoms with E-state index in [1.807, 2.05) is 0 Å². The molecule has 0 aromatic heterocycles. The number of hydrogen-bond acceptors (Lipinski definition) is 2. The molecule has 2 nitrogen and oxygen atoms in total. The van der Waals surface area contributed by atoms with Crippen LogP contribution in [-0.2, 0) is 0 Å². The highest BCUT2D eigenvalue weighted by Crippen LogP contribution is 2.26. The van der Waals surface area contributed by atoms with Crippen molar-refractivity contribution in [1.82, 2.24) is 10.6 Å². The molecule has 0 bridgehead atoms. The smallest absolute Gasteiger partial charge is 0.124 e. The van der Waals surface area contributed by atoms with Gasteiger partial charge in [0, 0.05) is 19.0 Å². The minimum atomic E-state index is -1.04. The molecule has 1 aliphatic rings. The normalized spacial score (nSPS) is 30.3. The summed E-state index contributed by atoms with van der Waals surface area (Å²) in [6.07, 6.45) is 0.967. The van der Waals surface area contributed by atoms with E-state index in [9.17, 15) is 4.39 Å². The zero-order chi connectivity index (χ0) is 8.32.